The molecule has 340 valence electrons. The summed E-state index contributed by atoms with van der Waals surface area (Å²) >= 11 is 0. The average molecular weight is 825 g/mol. The number of allylic oxidation sites excluding steroid dienone is 4. The summed E-state index contributed by atoms with van der Waals surface area (Å²) in [6.45, 7) is 3.41. The molecule has 0 aromatic heterocycles. The van der Waals surface area contributed by atoms with E-state index >= 15 is 0 Å². The van der Waals surface area contributed by atoms with Crippen LogP contribution in [0.15, 0.2) is 24.3 Å². The Kier molecular flexibility index (Phi) is 36.7. The van der Waals surface area contributed by atoms with Gasteiger partial charge in [-0.2, -0.15) is 0 Å². The van der Waals surface area contributed by atoms with Crippen molar-refractivity contribution in [2.75, 3.05) is 19.8 Å². The molecule has 0 spiro atoms. The molecule has 0 aliphatic carbocycles. The summed E-state index contributed by atoms with van der Waals surface area (Å²) in [4.78, 5) is 25.4. The standard InChI is InChI=1S/C48H88O10/c1-3-5-7-9-11-13-15-17-19-20-21-23-24-26-28-30-32-34-36-43(50)55-39-41(40-56-48-47(54)46(53)45(52)42(38-49)58-48)57-44(51)37-35-33-31-29-27-25-22-18-16-14-12-10-8-6-4-2/h12,14,18,22,41-42,45-49,52-54H,3-11,13,15-17,19-21,23-40H2,1-2H3/b14-12-,22-18-. The molecule has 6 unspecified atom stereocenters. The fourth-order valence-corrected chi connectivity index (χ4v) is 7.28. The lowest BCUT2D eigenvalue weighted by Crippen LogP contribution is -2.59. The van der Waals surface area contributed by atoms with E-state index in [2.05, 4.69) is 38.2 Å². The van der Waals surface area contributed by atoms with Crippen molar-refractivity contribution < 1.29 is 49.0 Å². The number of ether oxygens (including phenoxy) is 4. The Labute approximate surface area is 353 Å². The monoisotopic (exact) mass is 825 g/mol. The summed E-state index contributed by atoms with van der Waals surface area (Å²) in [5.74, 6) is -0.813. The zero-order valence-electron chi connectivity index (χ0n) is 37.1. The first-order valence-electron chi connectivity index (χ1n) is 23.9. The molecule has 0 radical (unpaired) electrons. The molecule has 1 fully saturated rings. The van der Waals surface area contributed by atoms with Gasteiger partial charge in [0.25, 0.3) is 0 Å². The Morgan fingerprint density at radius 3 is 1.47 bits per heavy atom. The molecule has 0 saturated carbocycles. The van der Waals surface area contributed by atoms with E-state index in [1.807, 2.05) is 0 Å². The third kappa shape index (κ3) is 30.2. The maximum absolute atomic E-state index is 12.8. The van der Waals surface area contributed by atoms with Crippen molar-refractivity contribution in [1.82, 2.24) is 0 Å². The van der Waals surface area contributed by atoms with Crippen LogP contribution in [0.2, 0.25) is 0 Å². The van der Waals surface area contributed by atoms with Crippen molar-refractivity contribution >= 4 is 11.9 Å². The summed E-state index contributed by atoms with van der Waals surface area (Å²) in [6, 6.07) is 0. The number of aliphatic hydroxyl groups is 4. The lowest BCUT2D eigenvalue weighted by Gasteiger charge is -2.39. The minimum Gasteiger partial charge on any atom is -0.462 e. The first kappa shape index (κ1) is 54.2. The first-order valence-corrected chi connectivity index (χ1v) is 23.9. The van der Waals surface area contributed by atoms with Gasteiger partial charge < -0.3 is 39.4 Å². The highest BCUT2D eigenvalue weighted by Crippen LogP contribution is 2.23. The molecule has 0 aromatic rings. The van der Waals surface area contributed by atoms with Crippen LogP contribution in [-0.2, 0) is 28.5 Å². The molecule has 1 aliphatic heterocycles. The van der Waals surface area contributed by atoms with Gasteiger partial charge in [0.2, 0.25) is 0 Å². The van der Waals surface area contributed by atoms with E-state index in [4.69, 9.17) is 18.9 Å². The van der Waals surface area contributed by atoms with Crippen molar-refractivity contribution in [3.63, 3.8) is 0 Å². The van der Waals surface area contributed by atoms with Crippen LogP contribution in [0.1, 0.15) is 213 Å². The zero-order valence-corrected chi connectivity index (χ0v) is 37.1. The van der Waals surface area contributed by atoms with Gasteiger partial charge >= 0.3 is 11.9 Å². The molecule has 10 nitrogen and oxygen atoms in total. The molecule has 58 heavy (non-hydrogen) atoms. The number of hydrogen-bond acceptors (Lipinski definition) is 10. The molecule has 1 rings (SSSR count). The van der Waals surface area contributed by atoms with E-state index in [0.29, 0.717) is 6.42 Å². The lowest BCUT2D eigenvalue weighted by atomic mass is 9.99. The number of esters is 2. The Hall–Kier alpha value is -1.82. The second kappa shape index (κ2) is 39.3. The van der Waals surface area contributed by atoms with Gasteiger partial charge in [0.1, 0.15) is 31.0 Å². The third-order valence-corrected chi connectivity index (χ3v) is 11.1. The lowest BCUT2D eigenvalue weighted by molar-refractivity contribution is -0.305. The molecular formula is C48H88O10. The Bertz CT molecular complexity index is 1000. The summed E-state index contributed by atoms with van der Waals surface area (Å²) < 4.78 is 22.2. The second-order valence-corrected chi connectivity index (χ2v) is 16.6. The van der Waals surface area contributed by atoms with Gasteiger partial charge in [-0.1, -0.05) is 179 Å². The van der Waals surface area contributed by atoms with Gasteiger partial charge in [-0.25, -0.2) is 0 Å². The van der Waals surface area contributed by atoms with Crippen LogP contribution >= 0.6 is 0 Å². The largest absolute Gasteiger partial charge is 0.462 e. The number of hydrogen-bond donors (Lipinski definition) is 4. The first-order chi connectivity index (χ1) is 28.3. The number of unbranched alkanes of at least 4 members (excludes halogenated alkanes) is 25. The fourth-order valence-electron chi connectivity index (χ4n) is 7.28. The summed E-state index contributed by atoms with van der Waals surface area (Å²) in [7, 11) is 0. The van der Waals surface area contributed by atoms with Crippen LogP contribution in [0.4, 0.5) is 0 Å². The number of rotatable bonds is 40. The minimum atomic E-state index is -1.60. The fraction of sp³-hybridized carbons (Fsp3) is 0.875. The molecule has 0 aromatic carbocycles. The number of carbonyl (C=O) groups is 2. The van der Waals surface area contributed by atoms with Gasteiger partial charge in [-0.15, -0.1) is 0 Å². The molecule has 0 bridgehead atoms. The molecule has 1 saturated heterocycles. The SMILES string of the molecule is CCCCC/C=C\C/C=C\CCCCCCCC(=O)OC(COC(=O)CCCCCCCCCCCCCCCCCCCC)COC1OC(CO)C(O)C(O)C1O. The van der Waals surface area contributed by atoms with Gasteiger partial charge in [-0.05, 0) is 44.9 Å². The number of carbonyl (C=O) groups excluding carboxylic acids is 2. The Balaban J connectivity index is 2.29. The molecule has 1 aliphatic rings. The van der Waals surface area contributed by atoms with Crippen LogP contribution in [0.5, 0.6) is 0 Å². The van der Waals surface area contributed by atoms with Crippen LogP contribution in [0.3, 0.4) is 0 Å². The average Bonchev–Trinajstić information content (AvgIpc) is 3.22. The Morgan fingerprint density at radius 1 is 0.534 bits per heavy atom. The van der Waals surface area contributed by atoms with E-state index in [9.17, 15) is 30.0 Å². The molecular weight excluding hydrogens is 737 g/mol. The highest BCUT2D eigenvalue weighted by atomic mass is 16.7. The Morgan fingerprint density at radius 2 is 0.966 bits per heavy atom. The van der Waals surface area contributed by atoms with Gasteiger partial charge in [0.15, 0.2) is 12.4 Å². The van der Waals surface area contributed by atoms with Crippen LogP contribution in [0, 0.1) is 0 Å². The predicted molar refractivity (Wildman–Crippen MR) is 233 cm³/mol. The highest BCUT2D eigenvalue weighted by Gasteiger charge is 2.44. The van der Waals surface area contributed by atoms with Gasteiger partial charge in [0.05, 0.1) is 13.2 Å². The molecule has 0 amide bonds. The van der Waals surface area contributed by atoms with E-state index in [1.165, 1.54) is 122 Å². The van der Waals surface area contributed by atoms with Crippen molar-refractivity contribution in [2.24, 2.45) is 0 Å². The summed E-state index contributed by atoms with van der Waals surface area (Å²) in [6.07, 6.45) is 36.1. The predicted octanol–water partition coefficient (Wildman–Crippen LogP) is 10.5. The van der Waals surface area contributed by atoms with E-state index < -0.39 is 49.4 Å². The topological polar surface area (TPSA) is 152 Å². The van der Waals surface area contributed by atoms with Crippen LogP contribution in [0.25, 0.3) is 0 Å². The van der Waals surface area contributed by atoms with Gasteiger partial charge in [-0.3, -0.25) is 9.59 Å². The van der Waals surface area contributed by atoms with E-state index in [0.717, 1.165) is 57.8 Å². The maximum atomic E-state index is 12.8. The second-order valence-electron chi connectivity index (χ2n) is 16.6. The van der Waals surface area contributed by atoms with Crippen LogP contribution in [-0.4, -0.2) is 89.0 Å². The van der Waals surface area contributed by atoms with Crippen molar-refractivity contribution in [2.45, 2.75) is 250 Å². The van der Waals surface area contributed by atoms with Crippen LogP contribution < -0.4 is 0 Å². The smallest absolute Gasteiger partial charge is 0.306 e. The van der Waals surface area contributed by atoms with Crippen molar-refractivity contribution in [3.05, 3.63) is 24.3 Å². The summed E-state index contributed by atoms with van der Waals surface area (Å²) in [5, 5.41) is 40.1. The molecule has 6 atom stereocenters. The molecule has 1 heterocycles. The minimum absolute atomic E-state index is 0.217. The number of aliphatic hydroxyl groups excluding tert-OH is 4. The quantitative estimate of drug-likeness (QED) is 0.0267. The van der Waals surface area contributed by atoms with E-state index in [1.54, 1.807) is 0 Å². The maximum Gasteiger partial charge on any atom is 0.306 e. The third-order valence-electron chi connectivity index (χ3n) is 11.1. The van der Waals surface area contributed by atoms with Crippen molar-refractivity contribution in [1.29, 1.82) is 0 Å². The zero-order chi connectivity index (χ0) is 42.3. The normalized spacial score (nSPS) is 20.3. The molecule has 4 N–H and O–H groups in total. The van der Waals surface area contributed by atoms with Crippen molar-refractivity contribution in [3.8, 4) is 0 Å². The van der Waals surface area contributed by atoms with E-state index in [-0.39, 0.29) is 32.0 Å². The van der Waals surface area contributed by atoms with Gasteiger partial charge in [0, 0.05) is 12.8 Å². The molecule has 10 heteroatoms. The highest BCUT2D eigenvalue weighted by molar-refractivity contribution is 5.70. The summed E-state index contributed by atoms with van der Waals surface area (Å²) in [5.41, 5.74) is 0.